The monoisotopic (exact) mass is 629 g/mol. The Morgan fingerprint density at radius 2 is 1.93 bits per heavy atom. The number of carbonyl (C=O) groups is 1. The van der Waals surface area contributed by atoms with Crippen molar-refractivity contribution in [3.8, 4) is 0 Å². The Hall–Kier alpha value is -4.11. The Morgan fingerprint density at radius 1 is 1.14 bits per heavy atom. The summed E-state index contributed by atoms with van der Waals surface area (Å²) >= 11 is 0. The third-order valence-electron chi connectivity index (χ3n) is 8.46. The van der Waals surface area contributed by atoms with E-state index in [1.54, 1.807) is 44.3 Å². The van der Waals surface area contributed by atoms with Crippen LogP contribution in [0.3, 0.4) is 0 Å². The van der Waals surface area contributed by atoms with E-state index in [2.05, 4.69) is 20.1 Å². The van der Waals surface area contributed by atoms with Gasteiger partial charge in [-0.15, -0.1) is 10.2 Å². The predicted molar refractivity (Wildman–Crippen MR) is 153 cm³/mol. The average Bonchev–Trinajstić information content (AvgIpc) is 3.40. The topological polar surface area (TPSA) is 134 Å². The van der Waals surface area contributed by atoms with Gasteiger partial charge in [-0.2, -0.15) is 17.5 Å². The lowest BCUT2D eigenvalue weighted by Crippen LogP contribution is -2.45. The standard InChI is InChI=1S/C29H30F3N7O4S/c1-17-8-9-22(21(14-25(40)41)20-10-13-39-26(18(20)2)35-36-28(39)29(30,31)32)34-23(17)16-37-15-19-6-3-4-12-38(19)27-24(44(37,42)43)7-5-11-33-27/h5,7-11,13,19,21H,3-4,6,12,14-16H2,1-2H3,(H,40,41)/t19-,21-/m0/s1. The second kappa shape index (κ2) is 11.1. The van der Waals surface area contributed by atoms with Crippen LogP contribution in [-0.4, -0.2) is 67.5 Å². The lowest BCUT2D eigenvalue weighted by Gasteiger charge is -2.36. The van der Waals surface area contributed by atoms with Gasteiger partial charge >= 0.3 is 12.1 Å². The number of pyridine rings is 3. The van der Waals surface area contributed by atoms with Crippen LogP contribution in [0.1, 0.15) is 65.5 Å². The molecule has 1 N–H and O–H groups in total. The molecule has 11 nitrogen and oxygen atoms in total. The summed E-state index contributed by atoms with van der Waals surface area (Å²) < 4.78 is 70.5. The lowest BCUT2D eigenvalue weighted by atomic mass is 9.89. The molecule has 0 bridgehead atoms. The minimum atomic E-state index is -4.72. The van der Waals surface area contributed by atoms with E-state index in [1.807, 2.05) is 0 Å². The molecule has 2 aliphatic rings. The molecule has 0 saturated carbocycles. The van der Waals surface area contributed by atoms with E-state index in [9.17, 15) is 31.5 Å². The Labute approximate surface area is 251 Å². The number of carboxylic acid groups (broad SMARTS) is 1. The zero-order valence-corrected chi connectivity index (χ0v) is 24.8. The molecule has 4 aromatic rings. The fourth-order valence-corrected chi connectivity index (χ4v) is 7.81. The second-order valence-electron chi connectivity index (χ2n) is 11.2. The molecule has 44 heavy (non-hydrogen) atoms. The Morgan fingerprint density at radius 3 is 2.68 bits per heavy atom. The minimum Gasteiger partial charge on any atom is -0.481 e. The largest absolute Gasteiger partial charge is 0.481 e. The first-order valence-corrected chi connectivity index (χ1v) is 15.6. The highest BCUT2D eigenvalue weighted by atomic mass is 32.2. The molecule has 0 spiro atoms. The number of hydrogen-bond acceptors (Lipinski definition) is 8. The van der Waals surface area contributed by atoms with Gasteiger partial charge in [0, 0.05) is 43.1 Å². The first kappa shape index (κ1) is 29.9. The average molecular weight is 630 g/mol. The first-order chi connectivity index (χ1) is 20.9. The molecule has 1 saturated heterocycles. The van der Waals surface area contributed by atoms with Crippen molar-refractivity contribution in [1.82, 2.24) is 28.9 Å². The van der Waals surface area contributed by atoms with E-state index >= 15 is 0 Å². The molecular formula is C29H30F3N7O4S. The maximum absolute atomic E-state index is 14.0. The molecule has 0 unspecified atom stereocenters. The van der Waals surface area contributed by atoms with E-state index < -0.39 is 40.3 Å². The van der Waals surface area contributed by atoms with Crippen molar-refractivity contribution in [2.45, 2.75) is 69.1 Å². The van der Waals surface area contributed by atoms with E-state index in [4.69, 9.17) is 4.98 Å². The molecule has 4 aromatic heterocycles. The van der Waals surface area contributed by atoms with Gasteiger partial charge in [-0.25, -0.2) is 13.4 Å². The number of aliphatic carboxylic acids is 1. The van der Waals surface area contributed by atoms with Gasteiger partial charge in [0.15, 0.2) is 5.65 Å². The van der Waals surface area contributed by atoms with Crippen LogP contribution < -0.4 is 4.90 Å². The molecule has 15 heteroatoms. The van der Waals surface area contributed by atoms with Crippen LogP contribution in [0.25, 0.3) is 5.65 Å². The Bertz CT molecular complexity index is 1860. The van der Waals surface area contributed by atoms with Gasteiger partial charge in [-0.1, -0.05) is 6.07 Å². The van der Waals surface area contributed by atoms with Crippen LogP contribution in [0.5, 0.6) is 0 Å². The number of halogens is 3. The number of aryl methyl sites for hydroxylation is 2. The number of carboxylic acids is 1. The molecule has 0 aliphatic carbocycles. The molecule has 0 radical (unpaired) electrons. The van der Waals surface area contributed by atoms with Crippen LogP contribution in [0.4, 0.5) is 19.0 Å². The third-order valence-corrected chi connectivity index (χ3v) is 10.3. The maximum atomic E-state index is 14.0. The smallest absolute Gasteiger partial charge is 0.452 e. The summed E-state index contributed by atoms with van der Waals surface area (Å²) in [5.41, 5.74) is 2.25. The maximum Gasteiger partial charge on any atom is 0.452 e. The van der Waals surface area contributed by atoms with Crippen LogP contribution in [-0.2, 0) is 27.5 Å². The number of nitrogens with zero attached hydrogens (tertiary/aromatic N) is 7. The van der Waals surface area contributed by atoms with Gasteiger partial charge in [-0.05, 0) is 74.1 Å². The highest BCUT2D eigenvalue weighted by Gasteiger charge is 2.40. The summed E-state index contributed by atoms with van der Waals surface area (Å²) in [4.78, 5) is 23.4. The summed E-state index contributed by atoms with van der Waals surface area (Å²) in [6.45, 7) is 4.28. The molecule has 2 atom stereocenters. The minimum absolute atomic E-state index is 0.0440. The molecule has 6 rings (SSSR count). The van der Waals surface area contributed by atoms with E-state index in [0.717, 1.165) is 23.7 Å². The molecule has 1 fully saturated rings. The van der Waals surface area contributed by atoms with Gasteiger partial charge in [-0.3, -0.25) is 14.2 Å². The van der Waals surface area contributed by atoms with Crippen molar-refractivity contribution in [3.05, 3.63) is 76.6 Å². The molecule has 0 aromatic carbocycles. The van der Waals surface area contributed by atoms with Crippen molar-refractivity contribution in [1.29, 1.82) is 0 Å². The number of sulfonamides is 1. The molecule has 6 heterocycles. The number of anilines is 1. The number of alkyl halides is 3. The van der Waals surface area contributed by atoms with E-state index in [1.165, 1.54) is 16.6 Å². The van der Waals surface area contributed by atoms with Crippen molar-refractivity contribution < 1.29 is 31.5 Å². The molecule has 232 valence electrons. The Balaban J connectivity index is 1.40. The van der Waals surface area contributed by atoms with Gasteiger partial charge in [0.25, 0.3) is 0 Å². The van der Waals surface area contributed by atoms with Gasteiger partial charge in [0.05, 0.1) is 18.7 Å². The Kier molecular flexibility index (Phi) is 7.56. The van der Waals surface area contributed by atoms with Gasteiger partial charge in [0.2, 0.25) is 15.8 Å². The first-order valence-electron chi connectivity index (χ1n) is 14.2. The number of fused-ring (bicyclic) bond motifs is 4. The number of aromatic nitrogens is 5. The highest BCUT2D eigenvalue weighted by Crippen LogP contribution is 2.37. The highest BCUT2D eigenvalue weighted by molar-refractivity contribution is 7.89. The number of piperidine rings is 1. The van der Waals surface area contributed by atoms with Crippen molar-refractivity contribution in [3.63, 3.8) is 0 Å². The zero-order chi connectivity index (χ0) is 31.4. The predicted octanol–water partition coefficient (Wildman–Crippen LogP) is 4.32. The summed E-state index contributed by atoms with van der Waals surface area (Å²) in [5.74, 6) is -2.71. The van der Waals surface area contributed by atoms with E-state index in [0.29, 0.717) is 40.4 Å². The summed E-state index contributed by atoms with van der Waals surface area (Å²) in [6.07, 6.45) is 0.380. The fourth-order valence-electron chi connectivity index (χ4n) is 6.22. The van der Waals surface area contributed by atoms with Gasteiger partial charge in [0.1, 0.15) is 10.7 Å². The van der Waals surface area contributed by atoms with Crippen LogP contribution in [0, 0.1) is 13.8 Å². The second-order valence-corrected chi connectivity index (χ2v) is 13.1. The summed E-state index contributed by atoms with van der Waals surface area (Å²) in [7, 11) is -3.95. The SMILES string of the molecule is Cc1ccc([C@@H](CC(=O)O)c2ccn3c(C(F)(F)F)nnc3c2C)nc1CN1C[C@@H]2CCCCN2c2ncccc2S1(=O)=O. The van der Waals surface area contributed by atoms with Crippen molar-refractivity contribution in [2.75, 3.05) is 18.0 Å². The van der Waals surface area contributed by atoms with E-state index in [-0.39, 0.29) is 29.7 Å². The van der Waals surface area contributed by atoms with Crippen LogP contribution in [0.2, 0.25) is 0 Å². The summed E-state index contributed by atoms with van der Waals surface area (Å²) in [5, 5.41) is 16.8. The van der Waals surface area contributed by atoms with Gasteiger partial charge < -0.3 is 10.0 Å². The lowest BCUT2D eigenvalue weighted by molar-refractivity contribution is -0.145. The molecule has 0 amide bonds. The zero-order valence-electron chi connectivity index (χ0n) is 24.0. The third kappa shape index (κ3) is 5.27. The number of hydrogen-bond donors (Lipinski definition) is 1. The number of rotatable bonds is 6. The fraction of sp³-hybridized carbons (Fsp3) is 0.414. The molecular weight excluding hydrogens is 599 g/mol. The summed E-state index contributed by atoms with van der Waals surface area (Å²) in [6, 6.07) is 7.96. The quantitative estimate of drug-likeness (QED) is 0.331. The van der Waals surface area contributed by atoms with Crippen molar-refractivity contribution in [2.24, 2.45) is 0 Å². The van der Waals surface area contributed by atoms with Crippen LogP contribution >= 0.6 is 0 Å². The molecule has 2 aliphatic heterocycles. The van der Waals surface area contributed by atoms with Crippen LogP contribution in [0.15, 0.2) is 47.6 Å². The van der Waals surface area contributed by atoms with Crippen molar-refractivity contribution >= 4 is 27.5 Å². The normalized spacial score (nSPS) is 19.3.